The van der Waals surface area contributed by atoms with E-state index in [0.29, 0.717) is 4.88 Å². The molecule has 2 aromatic heterocycles. The van der Waals surface area contributed by atoms with E-state index in [0.717, 1.165) is 11.7 Å². The van der Waals surface area contributed by atoms with Crippen molar-refractivity contribution in [1.82, 2.24) is 20.4 Å². The Hall–Kier alpha value is -1.80. The highest BCUT2D eigenvalue weighted by atomic mass is 32.2. The van der Waals surface area contributed by atoms with E-state index in [4.69, 9.17) is 0 Å². The van der Waals surface area contributed by atoms with Crippen LogP contribution in [0.4, 0.5) is 0 Å². The SMILES string of the molecule is CCn1ccnc1SCC(=O)NNC(=O)c1cccs1. The van der Waals surface area contributed by atoms with Gasteiger partial charge in [0.05, 0.1) is 10.6 Å². The van der Waals surface area contributed by atoms with Crippen LogP contribution in [0.2, 0.25) is 0 Å². The van der Waals surface area contributed by atoms with Gasteiger partial charge in [-0.25, -0.2) is 4.98 Å². The van der Waals surface area contributed by atoms with Crippen LogP contribution in [0.3, 0.4) is 0 Å². The summed E-state index contributed by atoms with van der Waals surface area (Å²) in [5.41, 5.74) is 4.76. The first-order chi connectivity index (χ1) is 9.70. The van der Waals surface area contributed by atoms with E-state index < -0.39 is 0 Å². The molecule has 0 aliphatic rings. The van der Waals surface area contributed by atoms with Gasteiger partial charge in [0.25, 0.3) is 5.91 Å². The standard InChI is InChI=1S/C12H14N4O2S2/c1-2-16-6-5-13-12(16)20-8-10(17)14-15-11(18)9-4-3-7-19-9/h3-7H,2,8H2,1H3,(H,14,17)(H,15,18). The van der Waals surface area contributed by atoms with Gasteiger partial charge >= 0.3 is 0 Å². The molecule has 20 heavy (non-hydrogen) atoms. The zero-order valence-electron chi connectivity index (χ0n) is 10.8. The molecule has 0 aliphatic heterocycles. The van der Waals surface area contributed by atoms with Crippen LogP contribution in [-0.2, 0) is 11.3 Å². The number of nitrogens with zero attached hydrogens (tertiary/aromatic N) is 2. The molecule has 0 bridgehead atoms. The summed E-state index contributed by atoms with van der Waals surface area (Å²) in [6, 6.07) is 3.47. The van der Waals surface area contributed by atoms with Gasteiger partial charge in [-0.2, -0.15) is 0 Å². The highest BCUT2D eigenvalue weighted by Crippen LogP contribution is 2.14. The summed E-state index contributed by atoms with van der Waals surface area (Å²) in [6.45, 7) is 2.81. The van der Waals surface area contributed by atoms with Crippen molar-refractivity contribution >= 4 is 34.9 Å². The van der Waals surface area contributed by atoms with Crippen molar-refractivity contribution in [3.63, 3.8) is 0 Å². The first-order valence-corrected chi connectivity index (χ1v) is 7.84. The van der Waals surface area contributed by atoms with Crippen LogP contribution in [0, 0.1) is 0 Å². The molecule has 106 valence electrons. The molecule has 0 saturated heterocycles. The number of thioether (sulfide) groups is 1. The maximum atomic E-state index is 11.6. The summed E-state index contributed by atoms with van der Waals surface area (Å²) < 4.78 is 1.95. The first kappa shape index (κ1) is 14.6. The number of aromatic nitrogens is 2. The molecule has 0 atom stereocenters. The molecule has 2 aromatic rings. The maximum absolute atomic E-state index is 11.6. The van der Waals surface area contributed by atoms with Gasteiger partial charge in [-0.1, -0.05) is 17.8 Å². The van der Waals surface area contributed by atoms with E-state index in [1.165, 1.54) is 23.1 Å². The minimum absolute atomic E-state index is 0.196. The van der Waals surface area contributed by atoms with Gasteiger partial charge in [-0.3, -0.25) is 20.4 Å². The van der Waals surface area contributed by atoms with E-state index in [1.807, 2.05) is 17.7 Å². The van der Waals surface area contributed by atoms with Crippen LogP contribution in [-0.4, -0.2) is 27.1 Å². The average Bonchev–Trinajstić information content (AvgIpc) is 3.12. The van der Waals surface area contributed by atoms with E-state index in [9.17, 15) is 9.59 Å². The van der Waals surface area contributed by atoms with Crippen molar-refractivity contribution in [3.8, 4) is 0 Å². The molecule has 0 fully saturated rings. The second-order valence-corrected chi connectivity index (χ2v) is 5.65. The third-order valence-corrected chi connectivity index (χ3v) is 4.28. The normalized spacial score (nSPS) is 10.2. The number of rotatable bonds is 5. The number of thiophene rings is 1. The Bertz CT molecular complexity index is 580. The van der Waals surface area contributed by atoms with Crippen LogP contribution in [0.15, 0.2) is 35.1 Å². The van der Waals surface area contributed by atoms with Gasteiger partial charge in [0.1, 0.15) is 0 Å². The molecule has 8 heteroatoms. The van der Waals surface area contributed by atoms with Crippen molar-refractivity contribution in [3.05, 3.63) is 34.8 Å². The molecule has 0 aromatic carbocycles. The fourth-order valence-corrected chi connectivity index (χ4v) is 2.88. The Balaban J connectivity index is 1.75. The molecule has 2 N–H and O–H groups in total. The van der Waals surface area contributed by atoms with Gasteiger partial charge in [0.15, 0.2) is 5.16 Å². The van der Waals surface area contributed by atoms with E-state index in [2.05, 4.69) is 15.8 Å². The highest BCUT2D eigenvalue weighted by Gasteiger charge is 2.09. The Morgan fingerprint density at radius 2 is 2.30 bits per heavy atom. The van der Waals surface area contributed by atoms with Crippen molar-refractivity contribution in [2.75, 3.05) is 5.75 Å². The fourth-order valence-electron chi connectivity index (χ4n) is 1.44. The van der Waals surface area contributed by atoms with Gasteiger partial charge < -0.3 is 4.57 Å². The number of nitrogens with one attached hydrogen (secondary N) is 2. The van der Waals surface area contributed by atoms with E-state index in [-0.39, 0.29) is 17.6 Å². The molecular formula is C12H14N4O2S2. The van der Waals surface area contributed by atoms with Crippen molar-refractivity contribution < 1.29 is 9.59 Å². The van der Waals surface area contributed by atoms with Crippen molar-refractivity contribution in [1.29, 1.82) is 0 Å². The third-order valence-electron chi connectivity index (χ3n) is 2.41. The summed E-state index contributed by atoms with van der Waals surface area (Å²) in [5, 5.41) is 2.59. The highest BCUT2D eigenvalue weighted by molar-refractivity contribution is 7.99. The summed E-state index contributed by atoms with van der Waals surface area (Å²) in [4.78, 5) is 27.9. The lowest BCUT2D eigenvalue weighted by Gasteiger charge is -2.06. The lowest BCUT2D eigenvalue weighted by atomic mass is 10.4. The second-order valence-electron chi connectivity index (χ2n) is 3.76. The van der Waals surface area contributed by atoms with Gasteiger partial charge in [-0.05, 0) is 18.4 Å². The topological polar surface area (TPSA) is 76.0 Å². The minimum Gasteiger partial charge on any atom is -0.326 e. The molecule has 0 radical (unpaired) electrons. The van der Waals surface area contributed by atoms with E-state index >= 15 is 0 Å². The first-order valence-electron chi connectivity index (χ1n) is 5.97. The zero-order chi connectivity index (χ0) is 14.4. The Kier molecular flexibility index (Phi) is 5.19. The number of carbonyl (C=O) groups excluding carboxylic acids is 2. The molecule has 0 unspecified atom stereocenters. The number of hydrogen-bond donors (Lipinski definition) is 2. The van der Waals surface area contributed by atoms with Crippen LogP contribution >= 0.6 is 23.1 Å². The molecule has 0 saturated carbocycles. The van der Waals surface area contributed by atoms with Crippen molar-refractivity contribution in [2.45, 2.75) is 18.6 Å². The molecular weight excluding hydrogens is 296 g/mol. The smallest absolute Gasteiger partial charge is 0.279 e. The number of imidazole rings is 1. The number of amides is 2. The maximum Gasteiger partial charge on any atom is 0.279 e. The fraction of sp³-hybridized carbons (Fsp3) is 0.250. The zero-order valence-corrected chi connectivity index (χ0v) is 12.5. The lowest BCUT2D eigenvalue weighted by Crippen LogP contribution is -2.42. The number of hydrogen-bond acceptors (Lipinski definition) is 5. The second kappa shape index (κ2) is 7.11. The molecule has 2 amide bonds. The summed E-state index contributed by atoms with van der Waals surface area (Å²) in [7, 11) is 0. The molecule has 0 spiro atoms. The molecule has 2 heterocycles. The van der Waals surface area contributed by atoms with Crippen LogP contribution in [0.25, 0.3) is 0 Å². The van der Waals surface area contributed by atoms with Crippen LogP contribution in [0.1, 0.15) is 16.6 Å². The monoisotopic (exact) mass is 310 g/mol. The Morgan fingerprint density at radius 1 is 1.45 bits per heavy atom. The third kappa shape index (κ3) is 3.84. The quantitative estimate of drug-likeness (QED) is 0.648. The number of hydrazine groups is 1. The summed E-state index contributed by atoms with van der Waals surface area (Å²) in [6.07, 6.45) is 3.56. The van der Waals surface area contributed by atoms with Crippen LogP contribution in [0.5, 0.6) is 0 Å². The van der Waals surface area contributed by atoms with Gasteiger partial charge in [0, 0.05) is 18.9 Å². The average molecular weight is 310 g/mol. The molecule has 2 rings (SSSR count). The van der Waals surface area contributed by atoms with Gasteiger partial charge in [0.2, 0.25) is 5.91 Å². The Labute approximate surface area is 124 Å². The predicted molar refractivity (Wildman–Crippen MR) is 78.6 cm³/mol. The predicted octanol–water partition coefficient (Wildman–Crippen LogP) is 1.52. The summed E-state index contributed by atoms with van der Waals surface area (Å²) in [5.74, 6) is -0.388. The largest absolute Gasteiger partial charge is 0.326 e. The summed E-state index contributed by atoms with van der Waals surface area (Å²) >= 11 is 2.64. The minimum atomic E-state index is -0.312. The number of carbonyl (C=O) groups is 2. The molecule has 0 aliphatic carbocycles. The van der Waals surface area contributed by atoms with E-state index in [1.54, 1.807) is 23.7 Å². The Morgan fingerprint density at radius 3 is 3.00 bits per heavy atom. The van der Waals surface area contributed by atoms with Crippen LogP contribution < -0.4 is 10.9 Å². The lowest BCUT2D eigenvalue weighted by molar-refractivity contribution is -0.119. The number of aryl methyl sites for hydroxylation is 1. The van der Waals surface area contributed by atoms with Gasteiger partial charge in [-0.15, -0.1) is 11.3 Å². The van der Waals surface area contributed by atoms with Crippen molar-refractivity contribution in [2.24, 2.45) is 0 Å². The molecule has 6 nitrogen and oxygen atoms in total.